The van der Waals surface area contributed by atoms with Crippen LogP contribution in [0.5, 0.6) is 0 Å². The number of benzene rings is 2. The number of nitrogens with zero attached hydrogens (tertiary/aromatic N) is 2. The topological polar surface area (TPSA) is 46.9 Å². The number of carbonyl (C=O) groups is 1. The second-order valence-corrected chi connectivity index (χ2v) is 8.00. The molecular weight excluding hydrogens is 334 g/mol. The minimum absolute atomic E-state index is 0.0443. The van der Waals surface area contributed by atoms with Crippen LogP contribution in [0.3, 0.4) is 0 Å². The van der Waals surface area contributed by atoms with Crippen LogP contribution in [0.2, 0.25) is 0 Å². The number of aromatic nitrogens is 2. The minimum Gasteiger partial charge on any atom is -0.346 e. The maximum Gasteiger partial charge on any atom is 0.251 e. The lowest BCUT2D eigenvalue weighted by molar-refractivity contribution is 0.0940. The second-order valence-electron chi connectivity index (χ2n) is 8.00. The van der Waals surface area contributed by atoms with Crippen molar-refractivity contribution in [1.29, 1.82) is 0 Å². The molecular formula is C23H27N3O. The van der Waals surface area contributed by atoms with Crippen molar-refractivity contribution in [3.8, 4) is 0 Å². The zero-order chi connectivity index (χ0) is 19.4. The summed E-state index contributed by atoms with van der Waals surface area (Å²) in [6, 6.07) is 16.1. The number of amides is 1. The van der Waals surface area contributed by atoms with Crippen molar-refractivity contribution in [3.05, 3.63) is 89.5 Å². The van der Waals surface area contributed by atoms with E-state index < -0.39 is 0 Å². The molecule has 27 heavy (non-hydrogen) atoms. The molecule has 1 atom stereocenters. The Balaban J connectivity index is 1.62. The predicted octanol–water partition coefficient (Wildman–Crippen LogP) is 4.72. The van der Waals surface area contributed by atoms with Gasteiger partial charge in [-0.3, -0.25) is 4.79 Å². The molecule has 0 saturated carbocycles. The second kappa shape index (κ2) is 7.78. The summed E-state index contributed by atoms with van der Waals surface area (Å²) < 4.78 is 2.00. The normalized spacial score (nSPS) is 12.6. The zero-order valence-electron chi connectivity index (χ0n) is 16.4. The first kappa shape index (κ1) is 18.9. The lowest BCUT2D eigenvalue weighted by Gasteiger charge is -2.20. The van der Waals surface area contributed by atoms with E-state index in [4.69, 9.17) is 0 Å². The quantitative estimate of drug-likeness (QED) is 0.715. The van der Waals surface area contributed by atoms with Crippen LogP contribution in [0.4, 0.5) is 0 Å². The molecule has 0 fully saturated rings. The summed E-state index contributed by atoms with van der Waals surface area (Å²) in [5, 5.41) is 3.08. The molecule has 1 heterocycles. The third-order valence-corrected chi connectivity index (χ3v) is 4.76. The molecule has 140 valence electrons. The molecule has 0 radical (unpaired) electrons. The number of imidazole rings is 1. The first-order valence-electron chi connectivity index (χ1n) is 9.29. The van der Waals surface area contributed by atoms with Gasteiger partial charge in [0.15, 0.2) is 0 Å². The Bertz CT molecular complexity index is 873. The van der Waals surface area contributed by atoms with E-state index in [0.717, 1.165) is 17.7 Å². The fraction of sp³-hybridized carbons (Fsp3) is 0.304. The van der Waals surface area contributed by atoms with Crippen molar-refractivity contribution in [1.82, 2.24) is 14.9 Å². The van der Waals surface area contributed by atoms with Gasteiger partial charge in [-0.05, 0) is 41.2 Å². The Kier molecular flexibility index (Phi) is 5.45. The highest BCUT2D eigenvalue weighted by molar-refractivity contribution is 5.94. The van der Waals surface area contributed by atoms with Gasteiger partial charge in [0, 0.05) is 24.5 Å². The van der Waals surface area contributed by atoms with Crippen LogP contribution in [-0.4, -0.2) is 15.5 Å². The maximum absolute atomic E-state index is 12.6. The van der Waals surface area contributed by atoms with Crippen molar-refractivity contribution < 1.29 is 4.79 Å². The molecule has 1 aromatic heterocycles. The molecule has 1 amide bonds. The summed E-state index contributed by atoms with van der Waals surface area (Å²) in [7, 11) is 0. The highest BCUT2D eigenvalue weighted by atomic mass is 16.1. The van der Waals surface area contributed by atoms with Gasteiger partial charge in [-0.2, -0.15) is 0 Å². The Morgan fingerprint density at radius 1 is 1.07 bits per heavy atom. The molecule has 1 N–H and O–H groups in total. The molecule has 4 heteroatoms. The van der Waals surface area contributed by atoms with E-state index in [0.29, 0.717) is 5.56 Å². The van der Waals surface area contributed by atoms with E-state index in [2.05, 4.69) is 55.3 Å². The third-order valence-electron chi connectivity index (χ3n) is 4.76. The van der Waals surface area contributed by atoms with Crippen molar-refractivity contribution in [2.75, 3.05) is 0 Å². The molecule has 4 nitrogen and oxygen atoms in total. The molecule has 3 rings (SSSR count). The third kappa shape index (κ3) is 4.85. The summed E-state index contributed by atoms with van der Waals surface area (Å²) in [6.45, 7) is 9.35. The van der Waals surface area contributed by atoms with Crippen LogP contribution in [0.15, 0.2) is 67.3 Å². The van der Waals surface area contributed by atoms with Crippen molar-refractivity contribution in [2.45, 2.75) is 45.7 Å². The van der Waals surface area contributed by atoms with Gasteiger partial charge in [-0.15, -0.1) is 0 Å². The van der Waals surface area contributed by atoms with Crippen LogP contribution >= 0.6 is 0 Å². The number of carbonyl (C=O) groups excluding carboxylic acids is 1. The Morgan fingerprint density at radius 2 is 1.74 bits per heavy atom. The first-order chi connectivity index (χ1) is 12.8. The number of hydrogen-bond donors (Lipinski definition) is 1. The molecule has 0 bridgehead atoms. The Morgan fingerprint density at radius 3 is 2.30 bits per heavy atom. The lowest BCUT2D eigenvalue weighted by Crippen LogP contribution is -2.26. The average molecular weight is 361 g/mol. The van der Waals surface area contributed by atoms with Crippen LogP contribution in [0, 0.1) is 0 Å². The van der Waals surface area contributed by atoms with Crippen molar-refractivity contribution in [3.63, 3.8) is 0 Å². The first-order valence-corrected chi connectivity index (χ1v) is 9.29. The van der Waals surface area contributed by atoms with E-state index in [-0.39, 0.29) is 17.4 Å². The largest absolute Gasteiger partial charge is 0.346 e. The zero-order valence-corrected chi connectivity index (χ0v) is 16.4. The summed E-state index contributed by atoms with van der Waals surface area (Å²) in [5.41, 5.74) is 4.33. The van der Waals surface area contributed by atoms with E-state index in [1.54, 1.807) is 12.5 Å². The molecule has 0 unspecified atom stereocenters. The van der Waals surface area contributed by atoms with Gasteiger partial charge in [0.1, 0.15) is 0 Å². The van der Waals surface area contributed by atoms with E-state index >= 15 is 0 Å². The fourth-order valence-electron chi connectivity index (χ4n) is 2.99. The fourth-order valence-corrected chi connectivity index (χ4v) is 2.99. The van der Waals surface area contributed by atoms with E-state index in [1.165, 1.54) is 5.56 Å². The van der Waals surface area contributed by atoms with Gasteiger partial charge in [0.2, 0.25) is 0 Å². The predicted molar refractivity (Wildman–Crippen MR) is 109 cm³/mol. The highest BCUT2D eigenvalue weighted by Crippen LogP contribution is 2.24. The lowest BCUT2D eigenvalue weighted by atomic mass is 9.86. The summed E-state index contributed by atoms with van der Waals surface area (Å²) >= 11 is 0. The van der Waals surface area contributed by atoms with Gasteiger partial charge >= 0.3 is 0 Å². The highest BCUT2D eigenvalue weighted by Gasteiger charge is 2.15. The molecule has 0 spiro atoms. The monoisotopic (exact) mass is 361 g/mol. The Labute approximate surface area is 161 Å². The molecule has 0 aliphatic carbocycles. The van der Waals surface area contributed by atoms with Gasteiger partial charge in [0.05, 0.1) is 12.4 Å². The van der Waals surface area contributed by atoms with Crippen LogP contribution in [-0.2, 0) is 12.0 Å². The maximum atomic E-state index is 12.6. The van der Waals surface area contributed by atoms with Crippen molar-refractivity contribution in [2.24, 2.45) is 0 Å². The molecule has 0 aliphatic heterocycles. The van der Waals surface area contributed by atoms with Crippen molar-refractivity contribution >= 4 is 5.91 Å². The Hall–Kier alpha value is -2.88. The van der Waals surface area contributed by atoms with Crippen LogP contribution in [0.25, 0.3) is 0 Å². The van der Waals surface area contributed by atoms with Gasteiger partial charge in [-0.1, -0.05) is 57.2 Å². The van der Waals surface area contributed by atoms with E-state index in [1.807, 2.05) is 42.0 Å². The van der Waals surface area contributed by atoms with E-state index in [9.17, 15) is 4.79 Å². The van der Waals surface area contributed by atoms with Gasteiger partial charge in [0.25, 0.3) is 5.91 Å². The number of nitrogens with one attached hydrogen (secondary N) is 1. The number of rotatable bonds is 5. The van der Waals surface area contributed by atoms with Gasteiger partial charge < -0.3 is 9.88 Å². The summed E-state index contributed by atoms with van der Waals surface area (Å²) in [5.74, 6) is -0.0587. The SMILES string of the molecule is C[C@@H](NC(=O)c1ccc(Cn2ccnc2)cc1)c1ccc(C(C)(C)C)cc1. The summed E-state index contributed by atoms with van der Waals surface area (Å²) in [4.78, 5) is 16.6. The smallest absolute Gasteiger partial charge is 0.251 e. The van der Waals surface area contributed by atoms with Crippen LogP contribution < -0.4 is 5.32 Å². The molecule has 3 aromatic rings. The molecule has 2 aromatic carbocycles. The molecule has 0 saturated heterocycles. The average Bonchev–Trinajstić information content (AvgIpc) is 3.14. The standard InChI is InChI=1S/C23H27N3O/c1-17(19-9-11-21(12-10-19)23(2,3)4)25-22(27)20-7-5-18(6-8-20)15-26-14-13-24-16-26/h5-14,16-17H,15H2,1-4H3,(H,25,27)/t17-/m1/s1. The van der Waals surface area contributed by atoms with Crippen LogP contribution in [0.1, 0.15) is 60.8 Å². The van der Waals surface area contributed by atoms with Gasteiger partial charge in [-0.25, -0.2) is 4.98 Å². The minimum atomic E-state index is -0.0587. The summed E-state index contributed by atoms with van der Waals surface area (Å²) in [6.07, 6.45) is 5.47. The molecule has 0 aliphatic rings. The number of hydrogen-bond acceptors (Lipinski definition) is 2.